The highest BCUT2D eigenvalue weighted by molar-refractivity contribution is 5.87. The van der Waals surface area contributed by atoms with Crippen molar-refractivity contribution in [3.8, 4) is 0 Å². The largest absolute Gasteiger partial charge is 0.444 e. The van der Waals surface area contributed by atoms with Crippen molar-refractivity contribution >= 4 is 11.9 Å². The smallest absolute Gasteiger partial charge is 0.410 e. The molecule has 0 saturated carbocycles. The average molecular weight is 357 g/mol. The van der Waals surface area contributed by atoms with Crippen molar-refractivity contribution in [2.24, 2.45) is 5.92 Å². The summed E-state index contributed by atoms with van der Waals surface area (Å²) in [5.74, 6) is 0.226. The van der Waals surface area contributed by atoms with Crippen molar-refractivity contribution in [2.45, 2.75) is 65.5 Å². The van der Waals surface area contributed by atoms with Gasteiger partial charge in [-0.25, -0.2) is 4.79 Å². The maximum atomic E-state index is 12.8. The predicted molar refractivity (Wildman–Crippen MR) is 98.7 cm³/mol. The first kappa shape index (κ1) is 21.9. The summed E-state index contributed by atoms with van der Waals surface area (Å²) in [6.07, 6.45) is 1.71. The third-order valence-electron chi connectivity index (χ3n) is 4.61. The quantitative estimate of drug-likeness (QED) is 0.669. The first-order valence-electron chi connectivity index (χ1n) is 9.44. The van der Waals surface area contributed by atoms with E-state index in [-0.39, 0.29) is 11.7 Å². The van der Waals surface area contributed by atoms with Gasteiger partial charge in [-0.3, -0.25) is 9.69 Å². The summed E-state index contributed by atoms with van der Waals surface area (Å²) in [5, 5.41) is 0. The summed E-state index contributed by atoms with van der Waals surface area (Å²) in [5.41, 5.74) is -0.565. The van der Waals surface area contributed by atoms with Crippen LogP contribution in [0, 0.1) is 5.92 Å². The molecule has 0 N–H and O–H groups in total. The van der Waals surface area contributed by atoms with Gasteiger partial charge >= 0.3 is 6.09 Å². The number of carbonyl (C=O) groups excluding carboxylic acids is 2. The lowest BCUT2D eigenvalue weighted by Crippen LogP contribution is -2.48. The number of amides is 1. The van der Waals surface area contributed by atoms with E-state index < -0.39 is 17.7 Å². The van der Waals surface area contributed by atoms with Gasteiger partial charge in [-0.1, -0.05) is 20.3 Å². The predicted octanol–water partition coefficient (Wildman–Crippen LogP) is 2.95. The Labute approximate surface area is 152 Å². The minimum absolute atomic E-state index is 0.105. The molecule has 1 fully saturated rings. The molecule has 0 aromatic rings. The highest BCUT2D eigenvalue weighted by atomic mass is 16.6. The fourth-order valence-electron chi connectivity index (χ4n) is 3.04. The van der Waals surface area contributed by atoms with E-state index in [4.69, 9.17) is 9.47 Å². The molecular weight excluding hydrogens is 320 g/mol. The standard InChI is InChI=1S/C19H36N2O4/c1-7-15(2)17(20(6)18(23)25-19(3,4)5)16(22)9-8-10-21-11-13-24-14-12-21/h15,17H,7-14H2,1-6H3/t15-,17-/m0/s1. The number of nitrogens with zero attached hydrogens (tertiary/aromatic N) is 2. The zero-order valence-corrected chi connectivity index (χ0v) is 16.8. The van der Waals surface area contributed by atoms with Gasteiger partial charge in [0.1, 0.15) is 5.60 Å². The van der Waals surface area contributed by atoms with Gasteiger partial charge in [-0.15, -0.1) is 0 Å². The Balaban J connectivity index is 2.60. The monoisotopic (exact) mass is 356 g/mol. The van der Waals surface area contributed by atoms with Crippen LogP contribution in [0.15, 0.2) is 0 Å². The molecular formula is C19H36N2O4. The Kier molecular flexibility index (Phi) is 8.86. The van der Waals surface area contributed by atoms with Gasteiger partial charge in [0, 0.05) is 26.6 Å². The van der Waals surface area contributed by atoms with Gasteiger partial charge in [-0.2, -0.15) is 0 Å². The van der Waals surface area contributed by atoms with Crippen molar-refractivity contribution in [1.82, 2.24) is 9.80 Å². The van der Waals surface area contributed by atoms with E-state index in [0.29, 0.717) is 6.42 Å². The van der Waals surface area contributed by atoms with Crippen LogP contribution in [0.3, 0.4) is 0 Å². The Morgan fingerprint density at radius 1 is 1.24 bits per heavy atom. The molecule has 0 radical (unpaired) electrons. The van der Waals surface area contributed by atoms with E-state index >= 15 is 0 Å². The first-order chi connectivity index (χ1) is 11.7. The molecule has 6 nitrogen and oxygen atoms in total. The number of Topliss-reactive ketones (excluding diaryl/α,β-unsaturated/α-hetero) is 1. The maximum absolute atomic E-state index is 12.8. The number of carbonyl (C=O) groups is 2. The van der Waals surface area contributed by atoms with Gasteiger partial charge in [0.2, 0.25) is 0 Å². The molecule has 0 spiro atoms. The van der Waals surface area contributed by atoms with E-state index in [2.05, 4.69) is 4.90 Å². The third-order valence-corrected chi connectivity index (χ3v) is 4.61. The second-order valence-corrected chi connectivity index (χ2v) is 7.95. The molecule has 6 heteroatoms. The van der Waals surface area contributed by atoms with Crippen molar-refractivity contribution in [2.75, 3.05) is 39.9 Å². The Morgan fingerprint density at radius 3 is 2.36 bits per heavy atom. The zero-order chi connectivity index (χ0) is 19.0. The Morgan fingerprint density at radius 2 is 1.84 bits per heavy atom. The van der Waals surface area contributed by atoms with E-state index in [1.165, 1.54) is 4.90 Å². The molecule has 2 atom stereocenters. The van der Waals surface area contributed by atoms with Crippen molar-refractivity contribution in [3.05, 3.63) is 0 Å². The Hall–Kier alpha value is -1.14. The summed E-state index contributed by atoms with van der Waals surface area (Å²) in [6.45, 7) is 13.9. The fraction of sp³-hybridized carbons (Fsp3) is 0.895. The van der Waals surface area contributed by atoms with Gasteiger partial charge in [0.25, 0.3) is 0 Å². The zero-order valence-electron chi connectivity index (χ0n) is 16.8. The van der Waals surface area contributed by atoms with Crippen LogP contribution in [0.4, 0.5) is 4.79 Å². The van der Waals surface area contributed by atoms with Crippen molar-refractivity contribution in [3.63, 3.8) is 0 Å². The molecule has 0 bridgehead atoms. The molecule has 146 valence electrons. The molecule has 25 heavy (non-hydrogen) atoms. The normalized spacial score (nSPS) is 18.5. The highest BCUT2D eigenvalue weighted by Crippen LogP contribution is 2.20. The molecule has 1 saturated heterocycles. The first-order valence-corrected chi connectivity index (χ1v) is 9.44. The highest BCUT2D eigenvalue weighted by Gasteiger charge is 2.33. The van der Waals surface area contributed by atoms with Crippen molar-refractivity contribution < 1.29 is 19.1 Å². The van der Waals surface area contributed by atoms with Crippen LogP contribution in [0.25, 0.3) is 0 Å². The minimum atomic E-state index is -0.565. The van der Waals surface area contributed by atoms with Crippen molar-refractivity contribution in [1.29, 1.82) is 0 Å². The number of morpholine rings is 1. The number of ether oxygens (including phenoxy) is 2. The van der Waals surface area contributed by atoms with E-state index in [0.717, 1.165) is 45.7 Å². The third kappa shape index (κ3) is 7.74. The number of ketones is 1. The topological polar surface area (TPSA) is 59.1 Å². The molecule has 1 aliphatic heterocycles. The van der Waals surface area contributed by atoms with Gasteiger partial charge in [0.05, 0.1) is 19.3 Å². The summed E-state index contributed by atoms with van der Waals surface area (Å²) in [7, 11) is 1.67. The number of hydrogen-bond acceptors (Lipinski definition) is 5. The number of hydrogen-bond donors (Lipinski definition) is 0. The second-order valence-electron chi connectivity index (χ2n) is 7.95. The number of rotatable bonds is 8. The molecule has 0 aromatic heterocycles. The second kappa shape index (κ2) is 10.1. The van der Waals surface area contributed by atoms with E-state index in [9.17, 15) is 9.59 Å². The minimum Gasteiger partial charge on any atom is -0.444 e. The van der Waals surface area contributed by atoms with Gasteiger partial charge in [-0.05, 0) is 39.7 Å². The fourth-order valence-corrected chi connectivity index (χ4v) is 3.04. The SMILES string of the molecule is CC[C@H](C)[C@@H](C(=O)CCCN1CCOCC1)N(C)C(=O)OC(C)(C)C. The Bertz CT molecular complexity index is 428. The van der Waals surface area contributed by atoms with Crippen LogP contribution in [-0.4, -0.2) is 73.2 Å². The molecule has 0 aliphatic carbocycles. The molecule has 1 heterocycles. The molecule has 1 rings (SSSR count). The molecule has 0 aromatic carbocycles. The van der Waals surface area contributed by atoms with Crippen LogP contribution in [0.1, 0.15) is 53.9 Å². The van der Waals surface area contributed by atoms with Crippen LogP contribution in [0.5, 0.6) is 0 Å². The lowest BCUT2D eigenvalue weighted by molar-refractivity contribution is -0.125. The summed E-state index contributed by atoms with van der Waals surface area (Å²) < 4.78 is 10.8. The van der Waals surface area contributed by atoms with Crippen LogP contribution in [0.2, 0.25) is 0 Å². The summed E-state index contributed by atoms with van der Waals surface area (Å²) in [6, 6.07) is -0.426. The molecule has 0 unspecified atom stereocenters. The molecule has 1 aliphatic rings. The van der Waals surface area contributed by atoms with E-state index in [1.807, 2.05) is 34.6 Å². The van der Waals surface area contributed by atoms with Gasteiger partial charge in [0.15, 0.2) is 5.78 Å². The van der Waals surface area contributed by atoms with Crippen LogP contribution >= 0.6 is 0 Å². The lowest BCUT2D eigenvalue weighted by atomic mass is 9.92. The maximum Gasteiger partial charge on any atom is 0.410 e. The lowest BCUT2D eigenvalue weighted by Gasteiger charge is -2.33. The van der Waals surface area contributed by atoms with Crippen LogP contribution < -0.4 is 0 Å². The summed E-state index contributed by atoms with van der Waals surface area (Å²) in [4.78, 5) is 29.0. The summed E-state index contributed by atoms with van der Waals surface area (Å²) >= 11 is 0. The molecule has 1 amide bonds. The van der Waals surface area contributed by atoms with Crippen LogP contribution in [-0.2, 0) is 14.3 Å². The number of likely N-dealkylation sites (N-methyl/N-ethyl adjacent to an activating group) is 1. The van der Waals surface area contributed by atoms with Gasteiger partial charge < -0.3 is 14.4 Å². The average Bonchev–Trinajstić information content (AvgIpc) is 2.54. The van der Waals surface area contributed by atoms with E-state index in [1.54, 1.807) is 7.05 Å².